The predicted molar refractivity (Wildman–Crippen MR) is 67.5 cm³/mol. The van der Waals surface area contributed by atoms with E-state index in [-0.39, 0.29) is 5.75 Å². The molecule has 0 saturated carbocycles. The van der Waals surface area contributed by atoms with Crippen LogP contribution >= 0.6 is 0 Å². The molecule has 3 N–H and O–H groups in total. The topological polar surface area (TPSA) is 60.9 Å². The lowest BCUT2D eigenvalue weighted by Crippen LogP contribution is -1.91. The van der Waals surface area contributed by atoms with Gasteiger partial charge in [-0.15, -0.1) is 0 Å². The Balaban J connectivity index is 2.06. The smallest absolute Gasteiger partial charge is 0.139 e. The van der Waals surface area contributed by atoms with Gasteiger partial charge in [-0.3, -0.25) is 0 Å². The van der Waals surface area contributed by atoms with Crippen LogP contribution in [0.15, 0.2) is 48.8 Å². The van der Waals surface area contributed by atoms with Crippen LogP contribution in [0.4, 0.5) is 11.4 Å². The first-order valence-electron chi connectivity index (χ1n) is 5.32. The Kier molecular flexibility index (Phi) is 2.19. The standard InChI is InChI=1S/C13H11N3O/c17-12-4-2-1-3-11(12)16-10-6-8-15-13-9(10)5-7-14-13/h1-8,17H,(H2,14,15,16). The van der Waals surface area contributed by atoms with Crippen molar-refractivity contribution in [1.29, 1.82) is 0 Å². The summed E-state index contributed by atoms with van der Waals surface area (Å²) < 4.78 is 0. The van der Waals surface area contributed by atoms with Gasteiger partial charge in [0.15, 0.2) is 0 Å². The fourth-order valence-corrected chi connectivity index (χ4v) is 1.79. The second-order valence-electron chi connectivity index (χ2n) is 3.74. The van der Waals surface area contributed by atoms with Gasteiger partial charge < -0.3 is 15.4 Å². The minimum atomic E-state index is 0.230. The molecule has 0 spiro atoms. The summed E-state index contributed by atoms with van der Waals surface area (Å²) in [6.45, 7) is 0. The van der Waals surface area contributed by atoms with Gasteiger partial charge in [0.25, 0.3) is 0 Å². The summed E-state index contributed by atoms with van der Waals surface area (Å²) in [7, 11) is 0. The molecule has 3 aromatic rings. The van der Waals surface area contributed by atoms with Crippen LogP contribution in [0.25, 0.3) is 11.0 Å². The van der Waals surface area contributed by atoms with Gasteiger partial charge >= 0.3 is 0 Å². The molecule has 0 aliphatic carbocycles. The molecule has 0 bridgehead atoms. The third-order valence-electron chi connectivity index (χ3n) is 2.63. The summed E-state index contributed by atoms with van der Waals surface area (Å²) in [6, 6.07) is 11.0. The second kappa shape index (κ2) is 3.83. The van der Waals surface area contributed by atoms with E-state index in [0.29, 0.717) is 5.69 Å². The van der Waals surface area contributed by atoms with Crippen LogP contribution in [0.5, 0.6) is 5.75 Å². The van der Waals surface area contributed by atoms with Crippen molar-refractivity contribution in [2.75, 3.05) is 5.32 Å². The van der Waals surface area contributed by atoms with E-state index in [4.69, 9.17) is 0 Å². The molecule has 0 atom stereocenters. The Morgan fingerprint density at radius 1 is 1.06 bits per heavy atom. The number of aromatic hydroxyl groups is 1. The quantitative estimate of drug-likeness (QED) is 0.587. The molecule has 0 aliphatic rings. The summed E-state index contributed by atoms with van der Waals surface area (Å²) in [5.74, 6) is 0.230. The zero-order valence-electron chi connectivity index (χ0n) is 9.01. The number of phenols is 1. The van der Waals surface area contributed by atoms with Crippen molar-refractivity contribution in [2.45, 2.75) is 0 Å². The van der Waals surface area contributed by atoms with Crippen LogP contribution < -0.4 is 5.32 Å². The van der Waals surface area contributed by atoms with Crippen molar-refractivity contribution in [2.24, 2.45) is 0 Å². The van der Waals surface area contributed by atoms with E-state index in [1.807, 2.05) is 30.5 Å². The monoisotopic (exact) mass is 225 g/mol. The second-order valence-corrected chi connectivity index (χ2v) is 3.74. The van der Waals surface area contributed by atoms with E-state index in [1.54, 1.807) is 18.3 Å². The SMILES string of the molecule is Oc1ccccc1Nc1ccnc2[nH]ccc12. The number of fused-ring (bicyclic) bond motifs is 1. The fourth-order valence-electron chi connectivity index (χ4n) is 1.79. The van der Waals surface area contributed by atoms with E-state index in [2.05, 4.69) is 15.3 Å². The molecule has 0 saturated heterocycles. The molecule has 3 rings (SSSR count). The van der Waals surface area contributed by atoms with E-state index >= 15 is 0 Å². The molecule has 4 nitrogen and oxygen atoms in total. The van der Waals surface area contributed by atoms with Crippen LogP contribution in [-0.4, -0.2) is 15.1 Å². The van der Waals surface area contributed by atoms with Gasteiger partial charge in [0.05, 0.1) is 11.4 Å². The van der Waals surface area contributed by atoms with Crippen molar-refractivity contribution < 1.29 is 5.11 Å². The van der Waals surface area contributed by atoms with Crippen molar-refractivity contribution >= 4 is 22.4 Å². The molecule has 2 aromatic heterocycles. The first-order valence-corrected chi connectivity index (χ1v) is 5.32. The molecule has 0 amide bonds. The summed E-state index contributed by atoms with van der Waals surface area (Å²) in [4.78, 5) is 7.25. The normalized spacial score (nSPS) is 10.6. The summed E-state index contributed by atoms with van der Waals surface area (Å²) in [5.41, 5.74) is 2.42. The molecular weight excluding hydrogens is 214 g/mol. The number of nitrogens with zero attached hydrogens (tertiary/aromatic N) is 1. The van der Waals surface area contributed by atoms with Gasteiger partial charge in [0.2, 0.25) is 0 Å². The number of anilines is 2. The van der Waals surface area contributed by atoms with Gasteiger partial charge in [-0.25, -0.2) is 4.98 Å². The number of hydrogen-bond donors (Lipinski definition) is 3. The van der Waals surface area contributed by atoms with E-state index in [9.17, 15) is 5.11 Å². The highest BCUT2D eigenvalue weighted by molar-refractivity contribution is 5.91. The average molecular weight is 225 g/mol. The lowest BCUT2D eigenvalue weighted by atomic mass is 10.2. The highest BCUT2D eigenvalue weighted by atomic mass is 16.3. The molecule has 2 heterocycles. The molecule has 0 radical (unpaired) electrons. The molecule has 1 aromatic carbocycles. The highest BCUT2D eigenvalue weighted by Crippen LogP contribution is 2.29. The minimum Gasteiger partial charge on any atom is -0.506 e. The highest BCUT2D eigenvalue weighted by Gasteiger charge is 2.04. The van der Waals surface area contributed by atoms with Gasteiger partial charge in [-0.05, 0) is 24.3 Å². The maximum Gasteiger partial charge on any atom is 0.139 e. The van der Waals surface area contributed by atoms with Gasteiger partial charge in [0.1, 0.15) is 11.4 Å². The predicted octanol–water partition coefficient (Wildman–Crippen LogP) is 3.01. The first kappa shape index (κ1) is 9.72. The van der Waals surface area contributed by atoms with Crippen LogP contribution in [0.2, 0.25) is 0 Å². The third kappa shape index (κ3) is 1.69. The largest absolute Gasteiger partial charge is 0.506 e. The zero-order chi connectivity index (χ0) is 11.7. The number of nitrogens with one attached hydrogen (secondary N) is 2. The summed E-state index contributed by atoms with van der Waals surface area (Å²) in [6.07, 6.45) is 3.56. The maximum absolute atomic E-state index is 9.71. The average Bonchev–Trinajstić information content (AvgIpc) is 2.81. The molecule has 0 unspecified atom stereocenters. The van der Waals surface area contributed by atoms with Gasteiger partial charge in [-0.2, -0.15) is 0 Å². The summed E-state index contributed by atoms with van der Waals surface area (Å²) >= 11 is 0. The molecule has 84 valence electrons. The van der Waals surface area contributed by atoms with Gasteiger partial charge in [-0.1, -0.05) is 12.1 Å². The van der Waals surface area contributed by atoms with Crippen LogP contribution in [0.3, 0.4) is 0 Å². The van der Waals surface area contributed by atoms with Crippen LogP contribution in [-0.2, 0) is 0 Å². The van der Waals surface area contributed by atoms with Crippen molar-refractivity contribution in [3.8, 4) is 5.75 Å². The van der Waals surface area contributed by atoms with Crippen molar-refractivity contribution in [3.63, 3.8) is 0 Å². The molecule has 17 heavy (non-hydrogen) atoms. The van der Waals surface area contributed by atoms with E-state index in [1.165, 1.54) is 0 Å². The minimum absolute atomic E-state index is 0.230. The lowest BCUT2D eigenvalue weighted by molar-refractivity contribution is 0.478. The van der Waals surface area contributed by atoms with Gasteiger partial charge in [0, 0.05) is 17.8 Å². The number of benzene rings is 1. The molecule has 0 fully saturated rings. The zero-order valence-corrected chi connectivity index (χ0v) is 9.01. The Labute approximate surface area is 97.9 Å². The summed E-state index contributed by atoms with van der Waals surface area (Å²) in [5, 5.41) is 13.9. The fraction of sp³-hybridized carbons (Fsp3) is 0. The Morgan fingerprint density at radius 3 is 2.82 bits per heavy atom. The number of aromatic amines is 1. The number of phenolic OH excluding ortho intramolecular Hbond substituents is 1. The number of pyridine rings is 1. The van der Waals surface area contributed by atoms with E-state index < -0.39 is 0 Å². The van der Waals surface area contributed by atoms with E-state index in [0.717, 1.165) is 16.7 Å². The van der Waals surface area contributed by atoms with Crippen molar-refractivity contribution in [1.82, 2.24) is 9.97 Å². The number of aromatic nitrogens is 2. The Bertz CT molecular complexity index is 660. The lowest BCUT2D eigenvalue weighted by Gasteiger charge is -2.08. The number of hydrogen-bond acceptors (Lipinski definition) is 3. The number of H-pyrrole nitrogens is 1. The molecular formula is C13H11N3O. The number of para-hydroxylation sites is 2. The van der Waals surface area contributed by atoms with Crippen molar-refractivity contribution in [3.05, 3.63) is 48.8 Å². The Morgan fingerprint density at radius 2 is 1.94 bits per heavy atom. The number of rotatable bonds is 2. The first-order chi connectivity index (χ1) is 8.34. The Hall–Kier alpha value is -2.49. The molecule has 0 aliphatic heterocycles. The molecule has 4 heteroatoms. The maximum atomic E-state index is 9.71. The third-order valence-corrected chi connectivity index (χ3v) is 2.63. The van der Waals surface area contributed by atoms with Crippen LogP contribution in [0, 0.1) is 0 Å². The van der Waals surface area contributed by atoms with Crippen LogP contribution in [0.1, 0.15) is 0 Å².